The molecule has 4 nitrogen and oxygen atoms in total. The van der Waals surface area contributed by atoms with Crippen molar-refractivity contribution in [2.24, 2.45) is 0 Å². The van der Waals surface area contributed by atoms with E-state index in [0.717, 1.165) is 36.7 Å². The number of nitrogens with zero attached hydrogens (tertiary/aromatic N) is 1. The average Bonchev–Trinajstić information content (AvgIpc) is 2.48. The monoisotopic (exact) mass is 315 g/mol. The minimum Gasteiger partial charge on any atom is -0.480 e. The third kappa shape index (κ3) is 3.93. The Hall–Kier alpha value is -1.63. The van der Waals surface area contributed by atoms with Crippen LogP contribution in [0.25, 0.3) is 0 Å². The lowest BCUT2D eigenvalue weighted by Gasteiger charge is -2.32. The van der Waals surface area contributed by atoms with Crippen molar-refractivity contribution in [1.29, 1.82) is 0 Å². The Morgan fingerprint density at radius 3 is 2.71 bits per heavy atom. The highest BCUT2D eigenvalue weighted by Crippen LogP contribution is 2.23. The van der Waals surface area contributed by atoms with Crippen molar-refractivity contribution in [3.63, 3.8) is 0 Å². The zero-order valence-corrected chi connectivity index (χ0v) is 12.0. The fourth-order valence-electron chi connectivity index (χ4n) is 2.28. The summed E-state index contributed by atoms with van der Waals surface area (Å²) in [6.07, 6.45) is 2.03. The SMILES string of the molecule is O=C(O)C1CCCCN1C(=O)CSc1ccc(F)c(F)c1. The van der Waals surface area contributed by atoms with E-state index in [-0.39, 0.29) is 11.7 Å². The number of likely N-dealkylation sites (tertiary alicyclic amines) is 1. The Balaban J connectivity index is 1.96. The van der Waals surface area contributed by atoms with Gasteiger partial charge in [-0.15, -0.1) is 11.8 Å². The van der Waals surface area contributed by atoms with Crippen molar-refractivity contribution in [2.75, 3.05) is 12.3 Å². The third-order valence-electron chi connectivity index (χ3n) is 3.36. The van der Waals surface area contributed by atoms with Gasteiger partial charge in [-0.2, -0.15) is 0 Å². The molecule has 0 aliphatic carbocycles. The molecule has 1 N–H and O–H groups in total. The molecule has 1 aromatic carbocycles. The highest BCUT2D eigenvalue weighted by atomic mass is 32.2. The molecule has 1 amide bonds. The van der Waals surface area contributed by atoms with Crippen LogP contribution in [-0.2, 0) is 9.59 Å². The van der Waals surface area contributed by atoms with Gasteiger partial charge in [0.1, 0.15) is 6.04 Å². The summed E-state index contributed by atoms with van der Waals surface area (Å²) in [5.41, 5.74) is 0. The number of carboxylic acids is 1. The largest absolute Gasteiger partial charge is 0.480 e. The van der Waals surface area contributed by atoms with Gasteiger partial charge in [0.15, 0.2) is 11.6 Å². The van der Waals surface area contributed by atoms with Crippen molar-refractivity contribution in [1.82, 2.24) is 4.90 Å². The van der Waals surface area contributed by atoms with Crippen molar-refractivity contribution in [2.45, 2.75) is 30.2 Å². The molecule has 0 aromatic heterocycles. The molecule has 2 rings (SSSR count). The fraction of sp³-hybridized carbons (Fsp3) is 0.429. The quantitative estimate of drug-likeness (QED) is 0.868. The van der Waals surface area contributed by atoms with Crippen molar-refractivity contribution >= 4 is 23.6 Å². The van der Waals surface area contributed by atoms with E-state index in [2.05, 4.69) is 0 Å². The van der Waals surface area contributed by atoms with Gasteiger partial charge in [0.2, 0.25) is 5.91 Å². The number of carbonyl (C=O) groups is 2. The number of aliphatic carboxylic acids is 1. The minimum absolute atomic E-state index is 0.00878. The lowest BCUT2D eigenvalue weighted by atomic mass is 10.0. The number of benzene rings is 1. The number of carbonyl (C=O) groups excluding carboxylic acids is 1. The van der Waals surface area contributed by atoms with Crippen LogP contribution in [0.1, 0.15) is 19.3 Å². The molecular weight excluding hydrogens is 300 g/mol. The van der Waals surface area contributed by atoms with Gasteiger partial charge in [0, 0.05) is 11.4 Å². The van der Waals surface area contributed by atoms with E-state index in [0.29, 0.717) is 17.9 Å². The molecule has 7 heteroatoms. The second kappa shape index (κ2) is 6.89. The summed E-state index contributed by atoms with van der Waals surface area (Å²) in [6.45, 7) is 0.425. The molecule has 114 valence electrons. The number of amides is 1. The van der Waals surface area contributed by atoms with Gasteiger partial charge >= 0.3 is 5.97 Å². The summed E-state index contributed by atoms with van der Waals surface area (Å²) < 4.78 is 25.9. The van der Waals surface area contributed by atoms with Crippen LogP contribution in [0.3, 0.4) is 0 Å². The first kappa shape index (κ1) is 15.8. The molecule has 1 aromatic rings. The van der Waals surface area contributed by atoms with Crippen LogP contribution in [0.2, 0.25) is 0 Å². The molecule has 1 saturated heterocycles. The van der Waals surface area contributed by atoms with Gasteiger partial charge in [-0.05, 0) is 37.5 Å². The molecule has 1 heterocycles. The molecule has 1 aliphatic rings. The Labute approximate surface area is 125 Å². The van der Waals surface area contributed by atoms with Gasteiger partial charge in [-0.25, -0.2) is 13.6 Å². The van der Waals surface area contributed by atoms with Crippen molar-refractivity contribution in [3.05, 3.63) is 29.8 Å². The van der Waals surface area contributed by atoms with Gasteiger partial charge < -0.3 is 10.0 Å². The first-order chi connectivity index (χ1) is 9.99. The molecular formula is C14H15F2NO3S. The summed E-state index contributed by atoms with van der Waals surface area (Å²) in [5.74, 6) is -3.19. The first-order valence-corrected chi connectivity index (χ1v) is 7.57. The smallest absolute Gasteiger partial charge is 0.326 e. The molecule has 1 atom stereocenters. The normalized spacial score (nSPS) is 18.6. The van der Waals surface area contributed by atoms with Gasteiger partial charge in [0.05, 0.1) is 5.75 Å². The number of carboxylic acid groups (broad SMARTS) is 1. The van der Waals surface area contributed by atoms with Crippen LogP contribution in [0.15, 0.2) is 23.1 Å². The topological polar surface area (TPSA) is 57.6 Å². The number of halogens is 2. The van der Waals surface area contributed by atoms with Crippen LogP contribution in [0.5, 0.6) is 0 Å². The summed E-state index contributed by atoms with van der Waals surface area (Å²) in [5, 5.41) is 9.12. The fourth-order valence-corrected chi connectivity index (χ4v) is 3.09. The standard InChI is InChI=1S/C14H15F2NO3S/c15-10-5-4-9(7-11(10)16)21-8-13(18)17-6-2-1-3-12(17)14(19)20/h4-5,7,12H,1-3,6,8H2,(H,19,20). The van der Waals surface area contributed by atoms with Crippen LogP contribution < -0.4 is 0 Å². The molecule has 0 saturated carbocycles. The lowest BCUT2D eigenvalue weighted by molar-refractivity contribution is -0.150. The highest BCUT2D eigenvalue weighted by Gasteiger charge is 2.31. The molecule has 0 bridgehead atoms. The Kier molecular flexibility index (Phi) is 5.17. The zero-order valence-electron chi connectivity index (χ0n) is 11.2. The summed E-state index contributed by atoms with van der Waals surface area (Å²) in [4.78, 5) is 25.0. The van der Waals surface area contributed by atoms with E-state index in [1.807, 2.05) is 0 Å². The minimum atomic E-state index is -0.999. The lowest BCUT2D eigenvalue weighted by Crippen LogP contribution is -2.48. The summed E-state index contributed by atoms with van der Waals surface area (Å²) in [7, 11) is 0. The maximum Gasteiger partial charge on any atom is 0.326 e. The molecule has 1 fully saturated rings. The zero-order chi connectivity index (χ0) is 15.4. The molecule has 0 spiro atoms. The van der Waals surface area contributed by atoms with E-state index in [9.17, 15) is 18.4 Å². The first-order valence-electron chi connectivity index (χ1n) is 6.59. The maximum atomic E-state index is 13.1. The summed E-state index contributed by atoms with van der Waals surface area (Å²) in [6, 6.07) is 2.64. The van der Waals surface area contributed by atoms with Crippen LogP contribution >= 0.6 is 11.8 Å². The highest BCUT2D eigenvalue weighted by molar-refractivity contribution is 8.00. The van der Waals surface area contributed by atoms with Crippen molar-refractivity contribution in [3.8, 4) is 0 Å². The molecule has 21 heavy (non-hydrogen) atoms. The van der Waals surface area contributed by atoms with Gasteiger partial charge in [-0.1, -0.05) is 0 Å². The Morgan fingerprint density at radius 1 is 1.29 bits per heavy atom. The molecule has 0 radical (unpaired) electrons. The van der Waals surface area contributed by atoms with Gasteiger partial charge in [-0.3, -0.25) is 4.79 Å². The van der Waals surface area contributed by atoms with E-state index in [1.54, 1.807) is 0 Å². The number of piperidine rings is 1. The Bertz CT molecular complexity index is 553. The van der Waals surface area contributed by atoms with E-state index in [4.69, 9.17) is 5.11 Å². The predicted octanol–water partition coefficient (Wildman–Crippen LogP) is 2.52. The molecule has 1 unspecified atom stereocenters. The number of rotatable bonds is 4. The number of hydrogen-bond donors (Lipinski definition) is 1. The van der Waals surface area contributed by atoms with E-state index in [1.165, 1.54) is 11.0 Å². The van der Waals surface area contributed by atoms with Crippen LogP contribution in [0, 0.1) is 11.6 Å². The molecule has 1 aliphatic heterocycles. The number of hydrogen-bond acceptors (Lipinski definition) is 3. The number of thioether (sulfide) groups is 1. The Morgan fingerprint density at radius 2 is 2.05 bits per heavy atom. The van der Waals surface area contributed by atoms with Gasteiger partial charge in [0.25, 0.3) is 0 Å². The summed E-state index contributed by atoms with van der Waals surface area (Å²) >= 11 is 1.07. The van der Waals surface area contributed by atoms with E-state index < -0.39 is 23.6 Å². The van der Waals surface area contributed by atoms with E-state index >= 15 is 0 Å². The second-order valence-electron chi connectivity index (χ2n) is 4.80. The predicted molar refractivity (Wildman–Crippen MR) is 74.1 cm³/mol. The average molecular weight is 315 g/mol. The van der Waals surface area contributed by atoms with Crippen molar-refractivity contribution < 1.29 is 23.5 Å². The van der Waals surface area contributed by atoms with Crippen LogP contribution in [0.4, 0.5) is 8.78 Å². The third-order valence-corrected chi connectivity index (χ3v) is 4.34. The maximum absolute atomic E-state index is 13.1. The van der Waals surface area contributed by atoms with Crippen LogP contribution in [-0.4, -0.2) is 40.2 Å². The second-order valence-corrected chi connectivity index (χ2v) is 5.85.